The van der Waals surface area contributed by atoms with Gasteiger partial charge in [-0.05, 0) is 24.4 Å². The van der Waals surface area contributed by atoms with Gasteiger partial charge in [-0.2, -0.15) is 4.98 Å². The zero-order valence-electron chi connectivity index (χ0n) is 8.40. The molecule has 1 unspecified atom stereocenters. The number of aliphatic hydroxyl groups excluding tert-OH is 1. The van der Waals surface area contributed by atoms with Crippen molar-refractivity contribution in [1.29, 1.82) is 0 Å². The minimum Gasteiger partial charge on any atom is -0.502 e. The number of hydrogen-bond acceptors (Lipinski definition) is 5. The molecule has 0 amide bonds. The smallest absolute Gasteiger partial charge is 0.226 e. The van der Waals surface area contributed by atoms with E-state index in [1.54, 1.807) is 4.90 Å². The van der Waals surface area contributed by atoms with Crippen LogP contribution < -0.4 is 4.90 Å². The molecule has 0 aromatic carbocycles. The Labute approximate surface area is 103 Å². The van der Waals surface area contributed by atoms with Gasteiger partial charge in [0.25, 0.3) is 0 Å². The van der Waals surface area contributed by atoms with Gasteiger partial charge in [-0.25, -0.2) is 4.98 Å². The maximum Gasteiger partial charge on any atom is 0.226 e. The van der Waals surface area contributed by atoms with E-state index in [0.717, 1.165) is 12.8 Å². The topological polar surface area (TPSA) is 69.5 Å². The van der Waals surface area contributed by atoms with E-state index >= 15 is 0 Å². The summed E-state index contributed by atoms with van der Waals surface area (Å²) >= 11 is 11.4. The molecule has 1 atom stereocenters. The van der Waals surface area contributed by atoms with Crippen molar-refractivity contribution in [2.24, 2.45) is 0 Å². The van der Waals surface area contributed by atoms with Crippen molar-refractivity contribution in [1.82, 2.24) is 9.97 Å². The van der Waals surface area contributed by atoms with Crippen LogP contribution in [0.2, 0.25) is 10.4 Å². The minimum atomic E-state index is -0.189. The fourth-order valence-corrected chi connectivity index (χ4v) is 2.27. The number of aromatic nitrogens is 2. The Morgan fingerprint density at radius 1 is 1.38 bits per heavy atom. The lowest BCUT2D eigenvalue weighted by molar-refractivity contribution is 0.265. The van der Waals surface area contributed by atoms with Crippen LogP contribution in [0.15, 0.2) is 0 Å². The van der Waals surface area contributed by atoms with E-state index < -0.39 is 0 Å². The predicted octanol–water partition coefficient (Wildman–Crippen LogP) is 1.45. The Hall–Kier alpha value is -0.780. The highest BCUT2D eigenvalue weighted by molar-refractivity contribution is 6.33. The van der Waals surface area contributed by atoms with Gasteiger partial charge in [-0.3, -0.25) is 0 Å². The Balaban J connectivity index is 2.39. The van der Waals surface area contributed by atoms with Gasteiger partial charge in [-0.15, -0.1) is 0 Å². The number of aliphatic hydroxyl groups is 1. The summed E-state index contributed by atoms with van der Waals surface area (Å²) < 4.78 is 0. The maximum absolute atomic E-state index is 9.76. The van der Waals surface area contributed by atoms with E-state index in [1.807, 2.05) is 0 Å². The van der Waals surface area contributed by atoms with Crippen LogP contribution in [0, 0.1) is 0 Å². The molecule has 2 rings (SSSR count). The molecule has 1 fully saturated rings. The van der Waals surface area contributed by atoms with E-state index in [0.29, 0.717) is 12.4 Å². The highest BCUT2D eigenvalue weighted by atomic mass is 35.5. The quantitative estimate of drug-likeness (QED) is 0.625. The van der Waals surface area contributed by atoms with Crippen molar-refractivity contribution in [3.05, 3.63) is 10.4 Å². The standard InChI is InChI=1S/C9H11Cl2N3O2/c10-7-6(16)8(13-9(11)12-7)14-3-1-2-5(14)4-15/h5,15-16H,1-4H2. The first-order valence-corrected chi connectivity index (χ1v) is 5.68. The number of rotatable bonds is 2. The number of nitrogens with zero attached hydrogens (tertiary/aromatic N) is 3. The lowest BCUT2D eigenvalue weighted by atomic mass is 10.2. The molecule has 5 nitrogen and oxygen atoms in total. The van der Waals surface area contributed by atoms with Crippen LogP contribution in [0.4, 0.5) is 5.82 Å². The van der Waals surface area contributed by atoms with Gasteiger partial charge >= 0.3 is 0 Å². The Morgan fingerprint density at radius 2 is 2.12 bits per heavy atom. The lowest BCUT2D eigenvalue weighted by Gasteiger charge is -2.24. The van der Waals surface area contributed by atoms with Crippen LogP contribution in [-0.2, 0) is 0 Å². The highest BCUT2D eigenvalue weighted by Crippen LogP contribution is 2.35. The Kier molecular flexibility index (Phi) is 3.37. The molecule has 0 radical (unpaired) electrons. The second-order valence-corrected chi connectivity index (χ2v) is 4.32. The fraction of sp³-hybridized carbons (Fsp3) is 0.556. The van der Waals surface area contributed by atoms with Crippen LogP contribution in [0.25, 0.3) is 0 Å². The molecule has 0 saturated carbocycles. The largest absolute Gasteiger partial charge is 0.502 e. The van der Waals surface area contributed by atoms with Crippen molar-refractivity contribution < 1.29 is 10.2 Å². The average molecular weight is 264 g/mol. The minimum absolute atomic E-state index is 0.0126. The normalized spacial score (nSPS) is 20.4. The van der Waals surface area contributed by atoms with Gasteiger partial charge in [0.1, 0.15) is 0 Å². The van der Waals surface area contributed by atoms with E-state index in [1.165, 1.54) is 0 Å². The molecule has 1 aliphatic heterocycles. The van der Waals surface area contributed by atoms with Crippen molar-refractivity contribution in [3.63, 3.8) is 0 Å². The van der Waals surface area contributed by atoms with Crippen molar-refractivity contribution in [3.8, 4) is 5.75 Å². The Bertz CT molecular complexity index is 403. The molecule has 7 heteroatoms. The highest BCUT2D eigenvalue weighted by Gasteiger charge is 2.28. The molecular weight excluding hydrogens is 253 g/mol. The third kappa shape index (κ3) is 2.03. The third-order valence-electron chi connectivity index (χ3n) is 2.66. The molecule has 1 aliphatic rings. The lowest BCUT2D eigenvalue weighted by Crippen LogP contribution is -2.32. The monoisotopic (exact) mass is 263 g/mol. The summed E-state index contributed by atoms with van der Waals surface area (Å²) in [4.78, 5) is 9.39. The van der Waals surface area contributed by atoms with E-state index in [-0.39, 0.29) is 28.8 Å². The predicted molar refractivity (Wildman–Crippen MR) is 61.2 cm³/mol. The number of aromatic hydroxyl groups is 1. The number of anilines is 1. The van der Waals surface area contributed by atoms with Crippen molar-refractivity contribution in [2.75, 3.05) is 18.1 Å². The summed E-state index contributed by atoms with van der Waals surface area (Å²) in [5.74, 6) is 0.105. The Morgan fingerprint density at radius 3 is 2.81 bits per heavy atom. The van der Waals surface area contributed by atoms with Crippen LogP contribution in [0.3, 0.4) is 0 Å². The van der Waals surface area contributed by atoms with Crippen LogP contribution in [-0.4, -0.2) is 39.4 Å². The molecule has 0 bridgehead atoms. The van der Waals surface area contributed by atoms with Gasteiger partial charge in [0.05, 0.1) is 12.6 Å². The van der Waals surface area contributed by atoms with Gasteiger partial charge in [0, 0.05) is 6.54 Å². The average Bonchev–Trinajstić information content (AvgIpc) is 2.71. The summed E-state index contributed by atoms with van der Waals surface area (Å²) in [5, 5.41) is 18.9. The molecule has 0 spiro atoms. The maximum atomic E-state index is 9.76. The molecule has 16 heavy (non-hydrogen) atoms. The molecule has 0 aliphatic carbocycles. The number of halogens is 2. The van der Waals surface area contributed by atoms with E-state index in [2.05, 4.69) is 9.97 Å². The zero-order chi connectivity index (χ0) is 11.7. The molecule has 88 valence electrons. The van der Waals surface area contributed by atoms with Crippen molar-refractivity contribution >= 4 is 29.0 Å². The summed E-state index contributed by atoms with van der Waals surface area (Å²) in [7, 11) is 0. The van der Waals surface area contributed by atoms with Crippen LogP contribution >= 0.6 is 23.2 Å². The molecule has 1 saturated heterocycles. The van der Waals surface area contributed by atoms with Gasteiger partial charge in [-0.1, -0.05) is 11.6 Å². The summed E-state index contributed by atoms with van der Waals surface area (Å²) in [6.07, 6.45) is 1.79. The second kappa shape index (κ2) is 4.61. The van der Waals surface area contributed by atoms with Crippen molar-refractivity contribution in [2.45, 2.75) is 18.9 Å². The summed E-state index contributed by atoms with van der Waals surface area (Å²) in [6.45, 7) is 0.723. The summed E-state index contributed by atoms with van der Waals surface area (Å²) in [5.41, 5.74) is 0. The van der Waals surface area contributed by atoms with Crippen LogP contribution in [0.5, 0.6) is 5.75 Å². The molecular formula is C9H11Cl2N3O2. The summed E-state index contributed by atoms with van der Waals surface area (Å²) in [6, 6.07) is -0.0482. The fourth-order valence-electron chi connectivity index (χ4n) is 1.90. The molecule has 2 heterocycles. The first-order valence-electron chi connectivity index (χ1n) is 4.93. The second-order valence-electron chi connectivity index (χ2n) is 3.63. The van der Waals surface area contributed by atoms with Gasteiger partial charge in [0.15, 0.2) is 16.7 Å². The first kappa shape index (κ1) is 11.7. The first-order chi connectivity index (χ1) is 7.63. The number of hydrogen-bond donors (Lipinski definition) is 2. The molecule has 2 N–H and O–H groups in total. The molecule has 1 aromatic heterocycles. The van der Waals surface area contributed by atoms with Gasteiger partial charge in [0.2, 0.25) is 5.28 Å². The third-order valence-corrected chi connectivity index (χ3v) is 3.09. The van der Waals surface area contributed by atoms with E-state index in [9.17, 15) is 10.2 Å². The zero-order valence-corrected chi connectivity index (χ0v) is 9.91. The van der Waals surface area contributed by atoms with Gasteiger partial charge < -0.3 is 15.1 Å². The SMILES string of the molecule is OCC1CCCN1c1nc(Cl)nc(Cl)c1O. The molecule has 1 aromatic rings. The van der Waals surface area contributed by atoms with Crippen LogP contribution in [0.1, 0.15) is 12.8 Å². The van der Waals surface area contributed by atoms with E-state index in [4.69, 9.17) is 23.2 Å².